The number of guanidine groups is 5. The van der Waals surface area contributed by atoms with Gasteiger partial charge in [-0.25, -0.2) is 0 Å². The molecule has 1 fully saturated rings. The van der Waals surface area contributed by atoms with Gasteiger partial charge in [-0.15, -0.1) is 0 Å². The zero-order chi connectivity index (χ0) is 109. The second kappa shape index (κ2) is 76.1. The summed E-state index contributed by atoms with van der Waals surface area (Å²) >= 11 is 0. The van der Waals surface area contributed by atoms with Gasteiger partial charge in [0.15, 0.2) is 64.5 Å². The van der Waals surface area contributed by atoms with Crippen molar-refractivity contribution in [1.29, 1.82) is 0 Å². The van der Waals surface area contributed by atoms with Crippen molar-refractivity contribution in [3.8, 4) is 0 Å². The number of amides is 13. The fraction of sp³-hybridized carbons (Fsp3) is 0.750. The molecule has 0 unspecified atom stereocenters. The minimum absolute atomic E-state index is 0.0179. The molecule has 1 aliphatic heterocycles. The van der Waals surface area contributed by atoms with Crippen molar-refractivity contribution in [2.75, 3.05) is 45.8 Å². The van der Waals surface area contributed by atoms with Gasteiger partial charge in [-0.3, -0.25) is 116 Å². The molecular formula is C96H175N29O19. The molecule has 0 aromatic heterocycles. The molecule has 13 amide bonds. The average molecular weight is 2040 g/mol. The third-order valence-electron chi connectivity index (χ3n) is 24.9. The van der Waals surface area contributed by atoms with Gasteiger partial charge in [0.2, 0.25) is 76.8 Å². The molecule has 14 atom stereocenters. The van der Waals surface area contributed by atoms with Crippen LogP contribution in [0.5, 0.6) is 0 Å². The van der Waals surface area contributed by atoms with Crippen LogP contribution >= 0.6 is 0 Å². The molecule has 48 nitrogen and oxygen atoms in total. The summed E-state index contributed by atoms with van der Waals surface area (Å²) in [6.45, 7) is 13.2. The van der Waals surface area contributed by atoms with E-state index in [-0.39, 0.29) is 202 Å². The molecule has 0 aromatic carbocycles. The van der Waals surface area contributed by atoms with E-state index in [1.165, 1.54) is 83.5 Å². The van der Waals surface area contributed by atoms with Crippen LogP contribution in [0.25, 0.3) is 0 Å². The minimum atomic E-state index is -1.43. The van der Waals surface area contributed by atoms with Gasteiger partial charge in [-0.05, 0) is 161 Å². The van der Waals surface area contributed by atoms with Gasteiger partial charge in [0, 0.05) is 139 Å². The number of carbonyl (C=O) groups excluding carboxylic acids is 19. The van der Waals surface area contributed by atoms with Gasteiger partial charge in [0.05, 0.1) is 36.3 Å². The zero-order valence-electron chi connectivity index (χ0n) is 86.2. The first kappa shape index (κ1) is 131. The number of nitrogens with zero attached hydrogens (tertiary/aromatic N) is 6. The molecule has 0 bridgehead atoms. The first-order chi connectivity index (χ1) is 68.0. The van der Waals surface area contributed by atoms with Crippen LogP contribution in [-0.2, 0) is 91.1 Å². The van der Waals surface area contributed by atoms with E-state index >= 15 is 0 Å². The number of Topliss-reactive ketones (excluding diaryl/α,β-unsaturated/α-hetero) is 6. The van der Waals surface area contributed by atoms with E-state index < -0.39 is 203 Å². The summed E-state index contributed by atoms with van der Waals surface area (Å²) in [5.41, 5.74) is 87.3. The van der Waals surface area contributed by atoms with Gasteiger partial charge in [0.1, 0.15) is 12.1 Å². The number of nitrogens with one attached hydrogen (secondary N) is 7. The SMILES string of the molecule is CCCCCCCCCCCCCCCC(=O)N[C@@H](CCCN=C(N)N)C(=O)C[C@@H](CCC(N)=O)C(=O)N[C@@H](C)C(=O)C[C@@H](CCC(N)=O)C(=O)N[C@@H](CCCN=C(N)N)C(C)=O.CC[C@@H](CCCN=C(N)N)C(=O)N1CCC[C@H]1C(=O)N[C@@H](CCC(N)=O)C(=O)N[C@@H](CCCN=C(N)N)C(=O)C[C@@H](CCC(N)=O)C(=O)N[C@@H](CCCCN)C(=O)C[C@@H](C)C(=O)N[C@H](C(=O)C[C@@H](CCCN=C(N)N)C(N)=O)C(C)C. The molecule has 1 saturated heterocycles. The summed E-state index contributed by atoms with van der Waals surface area (Å²) in [6.07, 6.45) is 16.3. The molecule has 0 saturated carbocycles. The summed E-state index contributed by atoms with van der Waals surface area (Å²) in [5, 5.41) is 18.8. The Kier molecular flexibility index (Phi) is 69.5. The van der Waals surface area contributed by atoms with Crippen LogP contribution in [0.1, 0.15) is 325 Å². The lowest BCUT2D eigenvalue weighted by Gasteiger charge is -2.30. The Morgan fingerprint density at radius 3 is 1.09 bits per heavy atom. The summed E-state index contributed by atoms with van der Waals surface area (Å²) in [5.74, 6) is -18.6. The topological polar surface area (TPSA) is 890 Å². The molecule has 1 heterocycles. The van der Waals surface area contributed by atoms with Crippen LogP contribution in [0, 0.1) is 41.4 Å². The third kappa shape index (κ3) is 61.4. The predicted octanol–water partition coefficient (Wildman–Crippen LogP) is -1.03. The molecule has 0 spiro atoms. The Balaban J connectivity index is 0.00000293. The number of rotatable bonds is 83. The Labute approximate surface area is 847 Å². The highest BCUT2D eigenvalue weighted by atomic mass is 16.2. The Morgan fingerprint density at radius 2 is 0.688 bits per heavy atom. The quantitative estimate of drug-likeness (QED) is 0.0197. The van der Waals surface area contributed by atoms with E-state index in [0.29, 0.717) is 70.8 Å². The van der Waals surface area contributed by atoms with Crippen molar-refractivity contribution < 1.29 is 91.1 Å². The summed E-state index contributed by atoms with van der Waals surface area (Å²) in [7, 11) is 0. The fourth-order valence-corrected chi connectivity index (χ4v) is 16.4. The van der Waals surface area contributed by atoms with Crippen LogP contribution in [0.15, 0.2) is 25.0 Å². The number of aliphatic imine (C=N–C) groups is 5. The molecule has 1 aliphatic rings. The Hall–Kier alpha value is -12.6. The van der Waals surface area contributed by atoms with Crippen LogP contribution in [-0.4, -0.2) is 240 Å². The number of hydrogen-bond donors (Lipinski definition) is 23. The van der Waals surface area contributed by atoms with Gasteiger partial charge in [-0.1, -0.05) is 112 Å². The van der Waals surface area contributed by atoms with Crippen LogP contribution in [0.3, 0.4) is 0 Å². The van der Waals surface area contributed by atoms with Crippen molar-refractivity contribution in [3.05, 3.63) is 0 Å². The van der Waals surface area contributed by atoms with E-state index in [1.54, 1.807) is 13.8 Å². The standard InChI is InChI=1S/C52H94N18O11.C44H81N11O8/c1-5-31(12-8-22-63-50(57)58)49(81)70-25-11-16-37(70)48(80)68-36(18-20-42(55)75)47(79)67-35(15-10-24-65-52(61)62)39(72)28-33(17-19-41(54)74)46(78)66-34(14-6-7-21-53)38(71)26-30(4)45(77)69-43(29(2)3)40(73)27-32(44(56)76)13-9-23-64-51(59)60;1-4-5-6-7-8-9-10-11-12-13-14-15-16-21-40(61)54-35(20-18-27-52-44(49)50)37(58)29-33(23-25-39(46)60)41(62)53-30(2)36(57)28-32(22-24-38(45)59)42(63)55-34(31(3)56)19-17-26-51-43(47)48/h29-37,43H,5-28,53H2,1-4H3,(H2,54,74)(H2,55,75)(H2,56,76)(H,66,78)(H,67,79)(H,68,80)(H,69,77)(H4,57,58,63)(H4,59,60,64)(H4,61,62,65);30,32-35H,4-29H2,1-3H3,(H2,45,59)(H2,46,60)(H,53,62)(H,54,61)(H,55,63)(H4,47,48,51)(H4,49,50,52)/t30-,31+,32-,33-,34+,35+,36+,37+,43+;30-,32+,33+,34-,35-/m10/s1. The normalized spacial score (nSPS) is 14.8. The van der Waals surface area contributed by atoms with Gasteiger partial charge in [-0.2, -0.15) is 0 Å². The molecule has 48 heteroatoms. The number of hydrogen-bond acceptors (Lipinski definition) is 25. The summed E-state index contributed by atoms with van der Waals surface area (Å²) in [6, 6.07) is -9.03. The highest BCUT2D eigenvalue weighted by Gasteiger charge is 2.41. The smallest absolute Gasteiger partial charge is 0.243 e. The number of primary amides is 5. The lowest BCUT2D eigenvalue weighted by molar-refractivity contribution is -0.142. The number of likely N-dealkylation sites (tertiary alicyclic amines) is 1. The van der Waals surface area contributed by atoms with Crippen LogP contribution in [0.2, 0.25) is 0 Å². The largest absolute Gasteiger partial charge is 0.370 e. The van der Waals surface area contributed by atoms with Crippen molar-refractivity contribution in [1.82, 2.24) is 42.1 Å². The number of carbonyl (C=O) groups is 19. The van der Waals surface area contributed by atoms with E-state index in [2.05, 4.69) is 69.1 Å². The second-order valence-electron chi connectivity index (χ2n) is 37.7. The maximum Gasteiger partial charge on any atom is 0.243 e. The number of unbranched alkanes of at least 4 members (excludes halogenated alkanes) is 13. The van der Waals surface area contributed by atoms with Crippen molar-refractivity contribution in [3.63, 3.8) is 0 Å². The average Bonchev–Trinajstić information content (AvgIpc) is 1.70. The highest BCUT2D eigenvalue weighted by Crippen LogP contribution is 2.27. The molecule has 0 aliphatic carbocycles. The number of ketones is 6. The first-order valence-corrected chi connectivity index (χ1v) is 51.0. The third-order valence-corrected chi connectivity index (χ3v) is 24.9. The molecule has 0 radical (unpaired) electrons. The molecule has 818 valence electrons. The maximum atomic E-state index is 14.4. The van der Waals surface area contributed by atoms with Gasteiger partial charge in [0.25, 0.3) is 0 Å². The Morgan fingerprint density at radius 1 is 0.326 bits per heavy atom. The predicted molar refractivity (Wildman–Crippen MR) is 550 cm³/mol. The van der Waals surface area contributed by atoms with E-state index in [9.17, 15) is 91.1 Å². The van der Waals surface area contributed by atoms with Crippen LogP contribution in [0.4, 0.5) is 0 Å². The summed E-state index contributed by atoms with van der Waals surface area (Å²) in [4.78, 5) is 273. The molecular weight excluding hydrogens is 1860 g/mol. The lowest BCUT2D eigenvalue weighted by Crippen LogP contribution is -2.56. The lowest BCUT2D eigenvalue weighted by atomic mass is 9.89. The van der Waals surface area contributed by atoms with Crippen molar-refractivity contribution in [2.24, 2.45) is 158 Å². The van der Waals surface area contributed by atoms with Crippen LogP contribution < -0.4 is 129 Å². The van der Waals surface area contributed by atoms with Crippen molar-refractivity contribution in [2.45, 2.75) is 373 Å². The maximum absolute atomic E-state index is 14.4. The zero-order valence-corrected chi connectivity index (χ0v) is 86.2. The fourth-order valence-electron chi connectivity index (χ4n) is 16.4. The molecule has 144 heavy (non-hydrogen) atoms. The van der Waals surface area contributed by atoms with Gasteiger partial charge < -0.3 is 134 Å². The highest BCUT2D eigenvalue weighted by molar-refractivity contribution is 6.00. The second-order valence-corrected chi connectivity index (χ2v) is 37.7. The molecule has 0 aromatic rings. The molecule has 1 rings (SSSR count). The minimum Gasteiger partial charge on any atom is -0.370 e. The monoisotopic (exact) mass is 2040 g/mol. The van der Waals surface area contributed by atoms with E-state index in [0.717, 1.165) is 19.3 Å². The van der Waals surface area contributed by atoms with E-state index in [1.807, 2.05) is 6.92 Å². The first-order valence-electron chi connectivity index (χ1n) is 51.0. The van der Waals surface area contributed by atoms with E-state index in [4.69, 9.17) is 91.7 Å². The summed E-state index contributed by atoms with van der Waals surface area (Å²) < 4.78 is 0. The Bertz CT molecular complexity index is 4200. The number of nitrogens with two attached hydrogens (primary N) is 16. The molecule has 39 N–H and O–H groups in total. The van der Waals surface area contributed by atoms with Gasteiger partial charge >= 0.3 is 0 Å². The van der Waals surface area contributed by atoms with Crippen molar-refractivity contribution >= 4 is 141 Å².